The molecular weight excluding hydrogens is 478 g/mol. The second kappa shape index (κ2) is 11.9. The summed E-state index contributed by atoms with van der Waals surface area (Å²) in [4.78, 5) is 19.7. The fraction of sp³-hybridized carbons (Fsp3) is 0.259. The van der Waals surface area contributed by atoms with E-state index < -0.39 is 15.9 Å². The molecule has 2 aromatic carbocycles. The lowest BCUT2D eigenvalue weighted by Gasteiger charge is -2.28. The Morgan fingerprint density at radius 1 is 1.03 bits per heavy atom. The molecule has 0 saturated carbocycles. The van der Waals surface area contributed by atoms with Crippen molar-refractivity contribution in [1.82, 2.24) is 9.88 Å². The number of benzene rings is 2. The highest BCUT2D eigenvalue weighted by molar-refractivity contribution is 7.93. The molecule has 1 aliphatic heterocycles. The van der Waals surface area contributed by atoms with Crippen molar-refractivity contribution in [2.24, 2.45) is 0 Å². The molecule has 0 N–H and O–H groups in total. The van der Waals surface area contributed by atoms with Crippen LogP contribution in [0.25, 0.3) is 12.2 Å². The van der Waals surface area contributed by atoms with Gasteiger partial charge in [0, 0.05) is 38.4 Å². The molecule has 3 aromatic rings. The van der Waals surface area contributed by atoms with Crippen molar-refractivity contribution in [3.63, 3.8) is 0 Å². The average molecular weight is 508 g/mol. The molecule has 0 bridgehead atoms. The predicted octanol–water partition coefficient (Wildman–Crippen LogP) is 3.70. The third kappa shape index (κ3) is 6.17. The number of hydrogen-bond acceptors (Lipinski definition) is 7. The number of aromatic nitrogens is 1. The van der Waals surface area contributed by atoms with Gasteiger partial charge in [0.25, 0.3) is 10.0 Å². The lowest BCUT2D eigenvalue weighted by Crippen LogP contribution is -2.42. The van der Waals surface area contributed by atoms with Crippen molar-refractivity contribution >= 4 is 33.8 Å². The van der Waals surface area contributed by atoms with Gasteiger partial charge in [0.2, 0.25) is 5.91 Å². The SMILES string of the molecule is COc1ccc(S(=O)(=O)N(C(=O)CCN2CCOCC2)c2ccccc2/C=C/c2ccncc2)cc1. The number of carbonyl (C=O) groups is 1. The number of carbonyl (C=O) groups excluding carboxylic acids is 1. The van der Waals surface area contributed by atoms with Gasteiger partial charge in [-0.25, -0.2) is 12.7 Å². The van der Waals surface area contributed by atoms with E-state index in [1.807, 2.05) is 24.3 Å². The molecular formula is C27H29N3O5S. The molecule has 8 nitrogen and oxygen atoms in total. The summed E-state index contributed by atoms with van der Waals surface area (Å²) in [6, 6.07) is 16.7. The highest BCUT2D eigenvalue weighted by atomic mass is 32.2. The van der Waals surface area contributed by atoms with Crippen molar-refractivity contribution in [1.29, 1.82) is 0 Å². The number of methoxy groups -OCH3 is 1. The molecule has 36 heavy (non-hydrogen) atoms. The van der Waals surface area contributed by atoms with E-state index in [2.05, 4.69) is 9.88 Å². The topological polar surface area (TPSA) is 89.0 Å². The molecule has 2 heterocycles. The minimum atomic E-state index is -4.20. The van der Waals surface area contributed by atoms with Crippen LogP contribution in [0.15, 0.2) is 78.0 Å². The van der Waals surface area contributed by atoms with Crippen LogP contribution in [0.4, 0.5) is 5.69 Å². The van der Waals surface area contributed by atoms with Gasteiger partial charge in [-0.05, 0) is 53.6 Å². The Morgan fingerprint density at radius 3 is 2.42 bits per heavy atom. The molecule has 1 aromatic heterocycles. The van der Waals surface area contributed by atoms with Crippen molar-refractivity contribution < 1.29 is 22.7 Å². The van der Waals surface area contributed by atoms with Crippen LogP contribution in [0.1, 0.15) is 17.5 Å². The number of sulfonamides is 1. The first-order chi connectivity index (χ1) is 17.5. The lowest BCUT2D eigenvalue weighted by molar-refractivity contribution is -0.118. The van der Waals surface area contributed by atoms with Crippen LogP contribution in [-0.2, 0) is 19.6 Å². The van der Waals surface area contributed by atoms with Crippen molar-refractivity contribution in [3.8, 4) is 5.75 Å². The number of rotatable bonds is 9. The van der Waals surface area contributed by atoms with E-state index in [1.54, 1.807) is 48.8 Å². The van der Waals surface area contributed by atoms with Gasteiger partial charge in [-0.3, -0.25) is 14.7 Å². The molecule has 1 fully saturated rings. The molecule has 4 rings (SSSR count). The molecule has 1 aliphatic rings. The van der Waals surface area contributed by atoms with Gasteiger partial charge in [0.15, 0.2) is 0 Å². The fourth-order valence-electron chi connectivity index (χ4n) is 3.91. The van der Waals surface area contributed by atoms with E-state index in [0.717, 1.165) is 9.87 Å². The minimum Gasteiger partial charge on any atom is -0.497 e. The molecule has 0 radical (unpaired) electrons. The van der Waals surface area contributed by atoms with Gasteiger partial charge in [0.05, 0.1) is 30.9 Å². The largest absolute Gasteiger partial charge is 0.497 e. The predicted molar refractivity (Wildman–Crippen MR) is 139 cm³/mol. The van der Waals surface area contributed by atoms with Gasteiger partial charge in [-0.1, -0.05) is 30.4 Å². The Bertz CT molecular complexity index is 1290. The maximum Gasteiger partial charge on any atom is 0.270 e. The molecule has 0 spiro atoms. The van der Waals surface area contributed by atoms with Crippen LogP contribution < -0.4 is 9.04 Å². The van der Waals surface area contributed by atoms with Gasteiger partial charge in [0.1, 0.15) is 5.75 Å². The summed E-state index contributed by atoms with van der Waals surface area (Å²) in [5.74, 6) is 0.0295. The molecule has 0 unspecified atom stereocenters. The second-order valence-corrected chi connectivity index (χ2v) is 10.0. The number of hydrogen-bond donors (Lipinski definition) is 0. The summed E-state index contributed by atoms with van der Waals surface area (Å²) in [5, 5.41) is 0. The van der Waals surface area contributed by atoms with Crippen LogP contribution in [0.2, 0.25) is 0 Å². The number of anilines is 1. The van der Waals surface area contributed by atoms with Crippen LogP contribution in [-0.4, -0.2) is 64.2 Å². The quantitative estimate of drug-likeness (QED) is 0.436. The summed E-state index contributed by atoms with van der Waals surface area (Å²) >= 11 is 0. The zero-order valence-electron chi connectivity index (χ0n) is 20.1. The first kappa shape index (κ1) is 25.6. The van der Waals surface area contributed by atoms with E-state index in [-0.39, 0.29) is 11.3 Å². The number of pyridine rings is 1. The summed E-state index contributed by atoms with van der Waals surface area (Å²) in [5.41, 5.74) is 1.81. The van der Waals surface area contributed by atoms with Gasteiger partial charge >= 0.3 is 0 Å². The Morgan fingerprint density at radius 2 is 1.72 bits per heavy atom. The van der Waals surface area contributed by atoms with E-state index in [0.29, 0.717) is 49.8 Å². The van der Waals surface area contributed by atoms with Crippen molar-refractivity contribution in [2.45, 2.75) is 11.3 Å². The van der Waals surface area contributed by atoms with Crippen molar-refractivity contribution in [3.05, 3.63) is 84.2 Å². The van der Waals surface area contributed by atoms with E-state index in [9.17, 15) is 13.2 Å². The highest BCUT2D eigenvalue weighted by Crippen LogP contribution is 2.30. The van der Waals surface area contributed by atoms with E-state index in [4.69, 9.17) is 9.47 Å². The van der Waals surface area contributed by atoms with Gasteiger partial charge < -0.3 is 9.47 Å². The second-order valence-electron chi connectivity index (χ2n) is 8.22. The zero-order chi connectivity index (χ0) is 25.4. The van der Waals surface area contributed by atoms with Crippen LogP contribution in [0, 0.1) is 0 Å². The Kier molecular flexibility index (Phi) is 8.48. The minimum absolute atomic E-state index is 0.0101. The molecule has 1 saturated heterocycles. The smallest absolute Gasteiger partial charge is 0.270 e. The number of nitrogens with zero attached hydrogens (tertiary/aromatic N) is 3. The number of ether oxygens (including phenoxy) is 2. The third-order valence-corrected chi connectivity index (χ3v) is 7.64. The van der Waals surface area contributed by atoms with Gasteiger partial charge in [-0.2, -0.15) is 0 Å². The maximum absolute atomic E-state index is 13.8. The summed E-state index contributed by atoms with van der Waals surface area (Å²) in [6.45, 7) is 3.08. The molecule has 188 valence electrons. The Labute approximate surface area is 211 Å². The standard InChI is InChI=1S/C27H29N3O5S/c1-34-24-8-10-25(11-9-24)36(32,33)30(27(31)14-17-29-18-20-35-21-19-29)26-5-3-2-4-23(26)7-6-22-12-15-28-16-13-22/h2-13,15-16H,14,17-21H2,1H3/b7-6+. The van der Waals surface area contributed by atoms with Crippen LogP contribution in [0.5, 0.6) is 5.75 Å². The highest BCUT2D eigenvalue weighted by Gasteiger charge is 2.32. The molecule has 0 aliphatic carbocycles. The Balaban J connectivity index is 1.71. The number of morpholine rings is 1. The number of amides is 1. The summed E-state index contributed by atoms with van der Waals surface area (Å²) in [7, 11) is -2.69. The first-order valence-corrected chi connectivity index (χ1v) is 13.1. The first-order valence-electron chi connectivity index (χ1n) is 11.7. The number of para-hydroxylation sites is 1. The summed E-state index contributed by atoms with van der Waals surface area (Å²) in [6.07, 6.45) is 7.08. The Hall–Kier alpha value is -3.53. The molecule has 0 atom stereocenters. The van der Waals surface area contributed by atoms with Crippen molar-refractivity contribution in [2.75, 3.05) is 44.3 Å². The normalized spacial score (nSPS) is 14.6. The molecule has 9 heteroatoms. The van der Waals surface area contributed by atoms with E-state index >= 15 is 0 Å². The monoisotopic (exact) mass is 507 g/mol. The zero-order valence-corrected chi connectivity index (χ0v) is 20.9. The van der Waals surface area contributed by atoms with E-state index in [1.165, 1.54) is 19.2 Å². The van der Waals surface area contributed by atoms with Crippen LogP contribution in [0.3, 0.4) is 0 Å². The van der Waals surface area contributed by atoms with Gasteiger partial charge in [-0.15, -0.1) is 0 Å². The fourth-order valence-corrected chi connectivity index (χ4v) is 5.38. The third-order valence-electron chi connectivity index (χ3n) is 5.89. The summed E-state index contributed by atoms with van der Waals surface area (Å²) < 4.78 is 39.2. The maximum atomic E-state index is 13.8. The van der Waals surface area contributed by atoms with Crippen LogP contribution >= 0.6 is 0 Å². The average Bonchev–Trinajstić information content (AvgIpc) is 2.92. The lowest BCUT2D eigenvalue weighted by atomic mass is 10.1. The molecule has 1 amide bonds.